The fraction of sp³-hybridized carbons (Fsp3) is 0.680. The smallest absolute Gasteiger partial charge is 0.227 e. The van der Waals surface area contributed by atoms with Crippen LogP contribution in [0.1, 0.15) is 51.4 Å². The highest BCUT2D eigenvalue weighted by Gasteiger charge is 2.25. The zero-order chi connectivity index (χ0) is 22.2. The third-order valence-electron chi connectivity index (χ3n) is 7.07. The molecule has 176 valence electrons. The molecule has 0 bridgehead atoms. The van der Waals surface area contributed by atoms with Gasteiger partial charge >= 0.3 is 0 Å². The molecule has 0 spiro atoms. The molecule has 4 rings (SSSR count). The highest BCUT2D eigenvalue weighted by atomic mass is 16.5. The van der Waals surface area contributed by atoms with Crippen LogP contribution in [0.5, 0.6) is 5.75 Å². The number of fused-ring (bicyclic) bond motifs is 1. The topological polar surface area (TPSA) is 65.1 Å². The lowest BCUT2D eigenvalue weighted by Crippen LogP contribution is -2.51. The van der Waals surface area contributed by atoms with E-state index in [4.69, 9.17) is 4.74 Å². The SMILES string of the molecule is O=C(CCC(=O)N1CCOc2ccccc21)NCCCN1CCN(C2CCCCC2)CC1. The largest absolute Gasteiger partial charge is 0.490 e. The monoisotopic (exact) mass is 442 g/mol. The Morgan fingerprint density at radius 1 is 0.969 bits per heavy atom. The number of hydrogen-bond donors (Lipinski definition) is 1. The molecule has 3 aliphatic rings. The van der Waals surface area contributed by atoms with Crippen LogP contribution >= 0.6 is 0 Å². The Bertz CT molecular complexity index is 757. The van der Waals surface area contributed by atoms with E-state index in [9.17, 15) is 9.59 Å². The van der Waals surface area contributed by atoms with Crippen molar-refractivity contribution >= 4 is 17.5 Å². The Kier molecular flexibility index (Phi) is 8.40. The molecule has 1 aliphatic carbocycles. The van der Waals surface area contributed by atoms with Crippen LogP contribution in [0.3, 0.4) is 0 Å². The number of carbonyl (C=O) groups is 2. The lowest BCUT2D eigenvalue weighted by Gasteiger charge is -2.40. The number of para-hydroxylation sites is 2. The predicted molar refractivity (Wildman–Crippen MR) is 126 cm³/mol. The summed E-state index contributed by atoms with van der Waals surface area (Å²) in [6, 6.07) is 8.38. The number of carbonyl (C=O) groups excluding carboxylic acids is 2. The predicted octanol–water partition coefficient (Wildman–Crippen LogP) is 2.65. The molecule has 1 saturated carbocycles. The van der Waals surface area contributed by atoms with Gasteiger partial charge in [-0.25, -0.2) is 0 Å². The summed E-state index contributed by atoms with van der Waals surface area (Å²) in [6.45, 7) is 7.38. The second-order valence-electron chi connectivity index (χ2n) is 9.23. The molecule has 0 aromatic heterocycles. The Balaban J connectivity index is 1.08. The first-order chi connectivity index (χ1) is 15.7. The van der Waals surface area contributed by atoms with Crippen LogP contribution in [-0.4, -0.2) is 80.1 Å². The number of nitrogens with zero attached hydrogens (tertiary/aromatic N) is 3. The van der Waals surface area contributed by atoms with Crippen molar-refractivity contribution in [1.29, 1.82) is 0 Å². The minimum absolute atomic E-state index is 0.0215. The van der Waals surface area contributed by atoms with Crippen LogP contribution in [0.2, 0.25) is 0 Å². The first-order valence-electron chi connectivity index (χ1n) is 12.5. The van der Waals surface area contributed by atoms with Gasteiger partial charge in [0.25, 0.3) is 0 Å². The zero-order valence-corrected chi connectivity index (χ0v) is 19.3. The van der Waals surface area contributed by atoms with Crippen LogP contribution < -0.4 is 15.0 Å². The molecule has 0 radical (unpaired) electrons. The van der Waals surface area contributed by atoms with Gasteiger partial charge in [0.15, 0.2) is 0 Å². The number of anilines is 1. The molecule has 1 aromatic rings. The van der Waals surface area contributed by atoms with E-state index in [1.807, 2.05) is 24.3 Å². The van der Waals surface area contributed by atoms with Gasteiger partial charge in [-0.3, -0.25) is 14.5 Å². The van der Waals surface area contributed by atoms with Crippen molar-refractivity contribution in [2.45, 2.75) is 57.4 Å². The molecule has 32 heavy (non-hydrogen) atoms. The molecule has 2 heterocycles. The Morgan fingerprint density at radius 3 is 2.56 bits per heavy atom. The fourth-order valence-electron chi connectivity index (χ4n) is 5.20. The van der Waals surface area contributed by atoms with Gasteiger partial charge in [0, 0.05) is 51.6 Å². The van der Waals surface area contributed by atoms with Crippen molar-refractivity contribution in [1.82, 2.24) is 15.1 Å². The molecule has 7 nitrogen and oxygen atoms in total. The van der Waals surface area contributed by atoms with Crippen molar-refractivity contribution in [3.05, 3.63) is 24.3 Å². The molecule has 0 atom stereocenters. The average Bonchev–Trinajstić information content (AvgIpc) is 2.85. The van der Waals surface area contributed by atoms with Crippen molar-refractivity contribution in [2.75, 3.05) is 57.3 Å². The van der Waals surface area contributed by atoms with E-state index in [-0.39, 0.29) is 24.7 Å². The number of hydrogen-bond acceptors (Lipinski definition) is 5. The summed E-state index contributed by atoms with van der Waals surface area (Å²) in [5.74, 6) is 0.671. The van der Waals surface area contributed by atoms with Gasteiger partial charge in [-0.2, -0.15) is 0 Å². The van der Waals surface area contributed by atoms with Crippen molar-refractivity contribution in [3.63, 3.8) is 0 Å². The van der Waals surface area contributed by atoms with Crippen molar-refractivity contribution in [3.8, 4) is 5.75 Å². The molecule has 2 amide bonds. The average molecular weight is 443 g/mol. The van der Waals surface area contributed by atoms with Crippen molar-refractivity contribution in [2.24, 2.45) is 0 Å². The maximum absolute atomic E-state index is 12.6. The molecule has 1 N–H and O–H groups in total. The van der Waals surface area contributed by atoms with Crippen molar-refractivity contribution < 1.29 is 14.3 Å². The summed E-state index contributed by atoms with van der Waals surface area (Å²) in [5.41, 5.74) is 0.799. The van der Waals surface area contributed by atoms with Gasteiger partial charge in [-0.15, -0.1) is 0 Å². The Hall–Kier alpha value is -2.12. The zero-order valence-electron chi connectivity index (χ0n) is 19.3. The van der Waals surface area contributed by atoms with Gasteiger partial charge in [-0.1, -0.05) is 31.4 Å². The first-order valence-corrected chi connectivity index (χ1v) is 12.5. The minimum Gasteiger partial charge on any atom is -0.490 e. The van der Waals surface area contributed by atoms with E-state index >= 15 is 0 Å². The van der Waals surface area contributed by atoms with E-state index in [0.717, 1.165) is 43.5 Å². The molecule has 7 heteroatoms. The number of ether oxygens (including phenoxy) is 1. The fourth-order valence-corrected chi connectivity index (χ4v) is 5.20. The second-order valence-corrected chi connectivity index (χ2v) is 9.23. The van der Waals surface area contributed by atoms with Crippen LogP contribution in [0.15, 0.2) is 24.3 Å². The van der Waals surface area contributed by atoms with Crippen LogP contribution in [-0.2, 0) is 9.59 Å². The van der Waals surface area contributed by atoms with Gasteiger partial charge in [0.2, 0.25) is 11.8 Å². The minimum atomic E-state index is -0.0398. The molecule has 0 unspecified atom stereocenters. The van der Waals surface area contributed by atoms with Crippen LogP contribution in [0.25, 0.3) is 0 Å². The standard InChI is InChI=1S/C25H38N4O3/c30-24(11-12-25(31)29-19-20-32-23-10-5-4-9-22(23)29)26-13-6-14-27-15-17-28(18-16-27)21-7-2-1-3-8-21/h4-5,9-10,21H,1-3,6-8,11-20H2,(H,26,30). The Labute approximate surface area is 192 Å². The van der Waals surface area contributed by atoms with E-state index in [1.54, 1.807) is 4.90 Å². The van der Waals surface area contributed by atoms with Crippen LogP contribution in [0.4, 0.5) is 5.69 Å². The third-order valence-corrected chi connectivity index (χ3v) is 7.07. The molecular formula is C25H38N4O3. The maximum atomic E-state index is 12.6. The number of rotatable bonds is 8. The lowest BCUT2D eigenvalue weighted by molar-refractivity contribution is -0.125. The first kappa shape index (κ1) is 23.1. The van der Waals surface area contributed by atoms with Gasteiger partial charge in [0.05, 0.1) is 12.2 Å². The summed E-state index contributed by atoms with van der Waals surface area (Å²) in [6.07, 6.45) is 8.39. The lowest BCUT2D eigenvalue weighted by atomic mass is 9.94. The van der Waals surface area contributed by atoms with E-state index in [0.29, 0.717) is 19.7 Å². The van der Waals surface area contributed by atoms with E-state index in [1.165, 1.54) is 45.2 Å². The van der Waals surface area contributed by atoms with Gasteiger partial charge in [0.1, 0.15) is 12.4 Å². The number of benzene rings is 1. The number of amides is 2. The normalized spacial score (nSPS) is 20.4. The summed E-state index contributed by atoms with van der Waals surface area (Å²) in [4.78, 5) is 31.8. The third kappa shape index (κ3) is 6.23. The highest BCUT2D eigenvalue weighted by Crippen LogP contribution is 2.31. The molecule has 1 saturated heterocycles. The molecule has 2 fully saturated rings. The summed E-state index contributed by atoms with van der Waals surface area (Å²) in [7, 11) is 0. The molecule has 1 aromatic carbocycles. The highest BCUT2D eigenvalue weighted by molar-refractivity contribution is 5.97. The molecular weight excluding hydrogens is 404 g/mol. The van der Waals surface area contributed by atoms with E-state index < -0.39 is 0 Å². The molecule has 2 aliphatic heterocycles. The quantitative estimate of drug-likeness (QED) is 0.627. The van der Waals surface area contributed by atoms with Gasteiger partial charge in [-0.05, 0) is 37.9 Å². The van der Waals surface area contributed by atoms with Crippen LogP contribution in [0, 0.1) is 0 Å². The summed E-state index contributed by atoms with van der Waals surface area (Å²) >= 11 is 0. The summed E-state index contributed by atoms with van der Waals surface area (Å²) < 4.78 is 5.60. The number of nitrogens with one attached hydrogen (secondary N) is 1. The van der Waals surface area contributed by atoms with Gasteiger partial charge < -0.3 is 19.9 Å². The Morgan fingerprint density at radius 2 is 1.75 bits per heavy atom. The second kappa shape index (κ2) is 11.7. The van der Waals surface area contributed by atoms with E-state index in [2.05, 4.69) is 15.1 Å². The summed E-state index contributed by atoms with van der Waals surface area (Å²) in [5, 5.41) is 2.99. The maximum Gasteiger partial charge on any atom is 0.227 e. The number of piperazine rings is 1.